The average molecular weight is 319 g/mol. The van der Waals surface area contributed by atoms with E-state index in [4.69, 9.17) is 11.6 Å². The van der Waals surface area contributed by atoms with Crippen LogP contribution >= 0.6 is 11.6 Å². The quantitative estimate of drug-likeness (QED) is 0.826. The van der Waals surface area contributed by atoms with Crippen molar-refractivity contribution in [3.8, 4) is 0 Å². The number of hydrogen-bond donors (Lipinski definition) is 2. The Morgan fingerprint density at radius 2 is 1.82 bits per heavy atom. The molecule has 0 spiro atoms. The van der Waals surface area contributed by atoms with Crippen molar-refractivity contribution >= 4 is 29.1 Å². The molecule has 118 valence electrons. The Labute approximate surface area is 137 Å². The molecule has 0 atom stereocenters. The van der Waals surface area contributed by atoms with Gasteiger partial charge in [0.05, 0.1) is 10.7 Å². The first-order valence-electron chi connectivity index (χ1n) is 7.48. The first kappa shape index (κ1) is 16.6. The van der Waals surface area contributed by atoms with Gasteiger partial charge in [-0.25, -0.2) is 4.98 Å². The third-order valence-corrected chi connectivity index (χ3v) is 3.51. The van der Waals surface area contributed by atoms with E-state index >= 15 is 0 Å². The van der Waals surface area contributed by atoms with Crippen LogP contribution in [0.2, 0.25) is 5.02 Å². The van der Waals surface area contributed by atoms with Crippen molar-refractivity contribution in [2.24, 2.45) is 5.92 Å². The molecule has 0 saturated carbocycles. The van der Waals surface area contributed by atoms with Gasteiger partial charge in [-0.1, -0.05) is 31.5 Å². The van der Waals surface area contributed by atoms with Crippen molar-refractivity contribution in [3.05, 3.63) is 40.0 Å². The van der Waals surface area contributed by atoms with Gasteiger partial charge in [0, 0.05) is 18.3 Å². The summed E-state index contributed by atoms with van der Waals surface area (Å²) in [6.07, 6.45) is 0. The molecule has 0 bridgehead atoms. The van der Waals surface area contributed by atoms with E-state index < -0.39 is 0 Å². The first-order valence-corrected chi connectivity index (χ1v) is 7.86. The largest absolute Gasteiger partial charge is 0.354 e. The number of hydrogen-bond acceptors (Lipinski definition) is 4. The molecule has 0 saturated heterocycles. The normalized spacial score (nSPS) is 10.9. The molecule has 1 aromatic heterocycles. The number of aryl methyl sites for hydroxylation is 3. The van der Waals surface area contributed by atoms with Crippen LogP contribution in [-0.2, 0) is 0 Å². The molecule has 2 aromatic rings. The lowest BCUT2D eigenvalue weighted by Gasteiger charge is -2.14. The standard InChI is InChI=1S/C17H23ClN4/c1-10(2)9-19-17-20-13(5)8-15(22-17)21-16-12(4)6-11(3)7-14(16)18/h6-8,10H,9H2,1-5H3,(H2,19,20,21,22). The van der Waals surface area contributed by atoms with Crippen molar-refractivity contribution in [1.82, 2.24) is 9.97 Å². The van der Waals surface area contributed by atoms with Crippen LogP contribution in [0.5, 0.6) is 0 Å². The zero-order valence-corrected chi connectivity index (χ0v) is 14.5. The van der Waals surface area contributed by atoms with Crippen LogP contribution < -0.4 is 10.6 Å². The minimum atomic E-state index is 0.536. The molecule has 1 aromatic carbocycles. The van der Waals surface area contributed by atoms with E-state index in [1.54, 1.807) is 0 Å². The molecule has 4 nitrogen and oxygen atoms in total. The molecular weight excluding hydrogens is 296 g/mol. The van der Waals surface area contributed by atoms with E-state index in [1.165, 1.54) is 0 Å². The number of rotatable bonds is 5. The predicted molar refractivity (Wildman–Crippen MR) is 94.3 cm³/mol. The van der Waals surface area contributed by atoms with Crippen molar-refractivity contribution in [1.29, 1.82) is 0 Å². The van der Waals surface area contributed by atoms with Gasteiger partial charge in [0.1, 0.15) is 5.82 Å². The number of halogens is 1. The van der Waals surface area contributed by atoms with Gasteiger partial charge in [-0.05, 0) is 43.9 Å². The van der Waals surface area contributed by atoms with Crippen molar-refractivity contribution in [2.45, 2.75) is 34.6 Å². The molecule has 0 aliphatic carbocycles. The van der Waals surface area contributed by atoms with E-state index in [0.29, 0.717) is 16.9 Å². The summed E-state index contributed by atoms with van der Waals surface area (Å²) in [7, 11) is 0. The Morgan fingerprint density at radius 3 is 2.45 bits per heavy atom. The lowest BCUT2D eigenvalue weighted by molar-refractivity contribution is 0.684. The fourth-order valence-corrected chi connectivity index (χ4v) is 2.58. The van der Waals surface area contributed by atoms with Gasteiger partial charge in [-0.2, -0.15) is 4.98 Å². The Balaban J connectivity index is 2.26. The van der Waals surface area contributed by atoms with Gasteiger partial charge in [0.15, 0.2) is 0 Å². The Morgan fingerprint density at radius 1 is 1.09 bits per heavy atom. The smallest absolute Gasteiger partial charge is 0.224 e. The minimum absolute atomic E-state index is 0.536. The predicted octanol–water partition coefficient (Wildman–Crippen LogP) is 4.87. The molecule has 0 amide bonds. The summed E-state index contributed by atoms with van der Waals surface area (Å²) in [5.74, 6) is 1.92. The van der Waals surface area contributed by atoms with Crippen LogP contribution in [-0.4, -0.2) is 16.5 Å². The third-order valence-electron chi connectivity index (χ3n) is 3.21. The summed E-state index contributed by atoms with van der Waals surface area (Å²) in [6.45, 7) is 11.2. The lowest BCUT2D eigenvalue weighted by Crippen LogP contribution is -2.12. The monoisotopic (exact) mass is 318 g/mol. The SMILES string of the molecule is Cc1cc(C)c(Nc2cc(C)nc(NCC(C)C)n2)c(Cl)c1. The molecule has 0 unspecified atom stereocenters. The first-order chi connectivity index (χ1) is 10.3. The van der Waals surface area contributed by atoms with Gasteiger partial charge in [0.25, 0.3) is 0 Å². The molecular formula is C17H23ClN4. The number of aromatic nitrogens is 2. The molecule has 2 N–H and O–H groups in total. The highest BCUT2D eigenvalue weighted by atomic mass is 35.5. The average Bonchev–Trinajstić information content (AvgIpc) is 2.40. The van der Waals surface area contributed by atoms with Gasteiger partial charge < -0.3 is 10.6 Å². The van der Waals surface area contributed by atoms with E-state index in [2.05, 4.69) is 40.5 Å². The molecule has 5 heteroatoms. The Hall–Kier alpha value is -1.81. The maximum Gasteiger partial charge on any atom is 0.224 e. The Bertz CT molecular complexity index is 645. The molecule has 0 aliphatic rings. The van der Waals surface area contributed by atoms with Crippen LogP contribution in [0.1, 0.15) is 30.7 Å². The van der Waals surface area contributed by atoms with Gasteiger partial charge >= 0.3 is 0 Å². The molecule has 0 radical (unpaired) electrons. The number of benzene rings is 1. The Kier molecular flexibility index (Phi) is 5.24. The highest BCUT2D eigenvalue weighted by molar-refractivity contribution is 6.33. The highest BCUT2D eigenvalue weighted by Gasteiger charge is 2.08. The summed E-state index contributed by atoms with van der Waals surface area (Å²) < 4.78 is 0. The van der Waals surface area contributed by atoms with Gasteiger partial charge in [0.2, 0.25) is 5.95 Å². The van der Waals surface area contributed by atoms with Crippen LogP contribution in [0.4, 0.5) is 17.5 Å². The second-order valence-corrected chi connectivity index (χ2v) is 6.46. The minimum Gasteiger partial charge on any atom is -0.354 e. The van der Waals surface area contributed by atoms with Gasteiger partial charge in [-0.15, -0.1) is 0 Å². The van der Waals surface area contributed by atoms with Crippen molar-refractivity contribution in [3.63, 3.8) is 0 Å². The number of anilines is 3. The maximum absolute atomic E-state index is 6.35. The maximum atomic E-state index is 6.35. The lowest BCUT2D eigenvalue weighted by atomic mass is 10.1. The van der Waals surface area contributed by atoms with Crippen LogP contribution in [0.15, 0.2) is 18.2 Å². The summed E-state index contributed by atoms with van der Waals surface area (Å²) >= 11 is 6.35. The van der Waals surface area contributed by atoms with Crippen LogP contribution in [0.25, 0.3) is 0 Å². The van der Waals surface area contributed by atoms with Crippen LogP contribution in [0, 0.1) is 26.7 Å². The zero-order chi connectivity index (χ0) is 16.3. The molecule has 0 aliphatic heterocycles. The summed E-state index contributed by atoms with van der Waals surface area (Å²) in [5.41, 5.74) is 4.04. The van der Waals surface area contributed by atoms with Crippen molar-refractivity contribution in [2.75, 3.05) is 17.2 Å². The van der Waals surface area contributed by atoms with E-state index in [1.807, 2.05) is 32.9 Å². The second kappa shape index (κ2) is 6.97. The van der Waals surface area contributed by atoms with Crippen LogP contribution in [0.3, 0.4) is 0 Å². The van der Waals surface area contributed by atoms with E-state index in [0.717, 1.165) is 34.9 Å². The summed E-state index contributed by atoms with van der Waals surface area (Å²) in [5, 5.41) is 7.27. The summed E-state index contributed by atoms with van der Waals surface area (Å²) in [4.78, 5) is 8.92. The second-order valence-electron chi connectivity index (χ2n) is 6.06. The third kappa shape index (κ3) is 4.34. The van der Waals surface area contributed by atoms with E-state index in [-0.39, 0.29) is 0 Å². The van der Waals surface area contributed by atoms with E-state index in [9.17, 15) is 0 Å². The molecule has 1 heterocycles. The highest BCUT2D eigenvalue weighted by Crippen LogP contribution is 2.30. The van der Waals surface area contributed by atoms with Crippen molar-refractivity contribution < 1.29 is 0 Å². The number of nitrogens with zero attached hydrogens (tertiary/aromatic N) is 2. The molecule has 0 fully saturated rings. The molecule has 22 heavy (non-hydrogen) atoms. The molecule has 2 rings (SSSR count). The fourth-order valence-electron chi connectivity index (χ4n) is 2.21. The zero-order valence-electron chi connectivity index (χ0n) is 13.8. The number of nitrogens with one attached hydrogen (secondary N) is 2. The van der Waals surface area contributed by atoms with Gasteiger partial charge in [-0.3, -0.25) is 0 Å². The topological polar surface area (TPSA) is 49.8 Å². The summed E-state index contributed by atoms with van der Waals surface area (Å²) in [6, 6.07) is 5.96. The fraction of sp³-hybridized carbons (Fsp3) is 0.412.